The molecule has 0 saturated heterocycles. The second-order valence-corrected chi connectivity index (χ2v) is 4.92. The van der Waals surface area contributed by atoms with Gasteiger partial charge in [-0.05, 0) is 26.0 Å². The smallest absolute Gasteiger partial charge is 0.0848 e. The summed E-state index contributed by atoms with van der Waals surface area (Å²) in [5.74, 6) is 0. The third-order valence-corrected chi connectivity index (χ3v) is 3.54. The fraction of sp³-hybridized carbons (Fsp3) is 0.429. The van der Waals surface area contributed by atoms with Gasteiger partial charge in [0.2, 0.25) is 0 Å². The zero-order valence-electron chi connectivity index (χ0n) is 11.2. The summed E-state index contributed by atoms with van der Waals surface area (Å²) < 4.78 is 1.85. The Labute approximate surface area is 118 Å². The monoisotopic (exact) mass is 279 g/mol. The fourth-order valence-electron chi connectivity index (χ4n) is 2.12. The SMILES string of the molecule is CCn1nc(C)c(Cl)c1CC(O)Cc1ccccn1. The Balaban J connectivity index is 2.09. The zero-order valence-corrected chi connectivity index (χ0v) is 11.9. The standard InChI is InChI=1S/C14H18ClN3O/c1-3-18-13(14(15)10(2)17-18)9-12(19)8-11-6-4-5-7-16-11/h4-7,12,19H,3,8-9H2,1-2H3. The van der Waals surface area contributed by atoms with Gasteiger partial charge in [-0.3, -0.25) is 9.67 Å². The largest absolute Gasteiger partial charge is 0.392 e. The Kier molecular flexibility index (Phi) is 4.56. The van der Waals surface area contributed by atoms with Crippen molar-refractivity contribution in [1.82, 2.24) is 14.8 Å². The van der Waals surface area contributed by atoms with Gasteiger partial charge in [-0.25, -0.2) is 0 Å². The van der Waals surface area contributed by atoms with E-state index in [0.29, 0.717) is 17.9 Å². The maximum Gasteiger partial charge on any atom is 0.0848 e. The second-order valence-electron chi connectivity index (χ2n) is 4.54. The molecule has 2 aromatic heterocycles. The normalized spacial score (nSPS) is 12.6. The molecular weight excluding hydrogens is 262 g/mol. The average molecular weight is 280 g/mol. The van der Waals surface area contributed by atoms with Crippen molar-refractivity contribution in [1.29, 1.82) is 0 Å². The molecule has 1 atom stereocenters. The highest BCUT2D eigenvalue weighted by Gasteiger charge is 2.16. The molecule has 0 aliphatic heterocycles. The van der Waals surface area contributed by atoms with Crippen molar-refractivity contribution in [2.75, 3.05) is 0 Å². The predicted molar refractivity (Wildman–Crippen MR) is 75.3 cm³/mol. The summed E-state index contributed by atoms with van der Waals surface area (Å²) >= 11 is 6.23. The van der Waals surface area contributed by atoms with Crippen LogP contribution >= 0.6 is 11.6 Å². The van der Waals surface area contributed by atoms with Gasteiger partial charge in [-0.1, -0.05) is 17.7 Å². The summed E-state index contributed by atoms with van der Waals surface area (Å²) in [5.41, 5.74) is 2.58. The van der Waals surface area contributed by atoms with E-state index >= 15 is 0 Å². The highest BCUT2D eigenvalue weighted by atomic mass is 35.5. The van der Waals surface area contributed by atoms with Crippen LogP contribution in [0.5, 0.6) is 0 Å². The van der Waals surface area contributed by atoms with Crippen LogP contribution in [0.4, 0.5) is 0 Å². The number of aliphatic hydroxyl groups is 1. The Morgan fingerprint density at radius 1 is 1.37 bits per heavy atom. The highest BCUT2D eigenvalue weighted by Crippen LogP contribution is 2.22. The molecule has 0 spiro atoms. The topological polar surface area (TPSA) is 50.9 Å². The molecule has 0 bridgehead atoms. The van der Waals surface area contributed by atoms with E-state index in [1.807, 2.05) is 36.7 Å². The molecule has 4 nitrogen and oxygen atoms in total. The Morgan fingerprint density at radius 3 is 2.79 bits per heavy atom. The molecular formula is C14H18ClN3O. The summed E-state index contributed by atoms with van der Waals surface area (Å²) in [7, 11) is 0. The third-order valence-electron chi connectivity index (χ3n) is 3.05. The third kappa shape index (κ3) is 3.33. The number of hydrogen-bond acceptors (Lipinski definition) is 3. The van der Waals surface area contributed by atoms with E-state index in [9.17, 15) is 5.11 Å². The molecule has 0 saturated carbocycles. The Hall–Kier alpha value is -1.39. The first-order valence-corrected chi connectivity index (χ1v) is 6.79. The van der Waals surface area contributed by atoms with E-state index in [1.54, 1.807) is 6.20 Å². The van der Waals surface area contributed by atoms with Crippen molar-refractivity contribution >= 4 is 11.6 Å². The van der Waals surface area contributed by atoms with Gasteiger partial charge in [0, 0.05) is 31.3 Å². The maximum atomic E-state index is 10.2. The molecule has 5 heteroatoms. The lowest BCUT2D eigenvalue weighted by atomic mass is 10.1. The summed E-state index contributed by atoms with van der Waals surface area (Å²) in [4.78, 5) is 4.22. The van der Waals surface area contributed by atoms with Crippen LogP contribution in [0.2, 0.25) is 5.02 Å². The molecule has 102 valence electrons. The molecule has 0 aliphatic carbocycles. The van der Waals surface area contributed by atoms with E-state index < -0.39 is 6.10 Å². The van der Waals surface area contributed by atoms with Gasteiger partial charge in [-0.2, -0.15) is 5.10 Å². The number of halogens is 1. The summed E-state index contributed by atoms with van der Waals surface area (Å²) in [6.45, 7) is 4.64. The van der Waals surface area contributed by atoms with Gasteiger partial charge in [0.05, 0.1) is 22.5 Å². The van der Waals surface area contributed by atoms with Gasteiger partial charge in [0.25, 0.3) is 0 Å². The zero-order chi connectivity index (χ0) is 13.8. The summed E-state index contributed by atoms with van der Waals surface area (Å²) in [6.07, 6.45) is 2.24. The molecule has 2 heterocycles. The van der Waals surface area contributed by atoms with Crippen LogP contribution < -0.4 is 0 Å². The van der Waals surface area contributed by atoms with Crippen molar-refractivity contribution in [2.45, 2.75) is 39.3 Å². The van der Waals surface area contributed by atoms with Crippen molar-refractivity contribution in [3.05, 3.63) is 46.5 Å². The maximum absolute atomic E-state index is 10.2. The van der Waals surface area contributed by atoms with Gasteiger partial charge in [0.1, 0.15) is 0 Å². The van der Waals surface area contributed by atoms with Gasteiger partial charge in [-0.15, -0.1) is 0 Å². The average Bonchev–Trinajstić information content (AvgIpc) is 2.67. The number of pyridine rings is 1. The van der Waals surface area contributed by atoms with Crippen LogP contribution in [0.3, 0.4) is 0 Å². The van der Waals surface area contributed by atoms with Gasteiger partial charge >= 0.3 is 0 Å². The molecule has 0 radical (unpaired) electrons. The molecule has 0 aliphatic rings. The number of rotatable bonds is 5. The Morgan fingerprint density at radius 2 is 2.16 bits per heavy atom. The van der Waals surface area contributed by atoms with Crippen LogP contribution in [0.25, 0.3) is 0 Å². The first kappa shape index (κ1) is 14.0. The molecule has 2 rings (SSSR count). The lowest BCUT2D eigenvalue weighted by molar-refractivity contribution is 0.171. The minimum absolute atomic E-state index is 0.490. The van der Waals surface area contributed by atoms with Gasteiger partial charge < -0.3 is 5.11 Å². The van der Waals surface area contributed by atoms with Crippen molar-refractivity contribution < 1.29 is 5.11 Å². The van der Waals surface area contributed by atoms with E-state index in [0.717, 1.165) is 23.6 Å². The lowest BCUT2D eigenvalue weighted by Crippen LogP contribution is -2.17. The summed E-state index contributed by atoms with van der Waals surface area (Å²) in [5, 5.41) is 15.2. The number of nitrogens with zero attached hydrogens (tertiary/aromatic N) is 3. The number of aromatic nitrogens is 3. The van der Waals surface area contributed by atoms with Crippen molar-refractivity contribution in [3.8, 4) is 0 Å². The van der Waals surface area contributed by atoms with E-state index in [1.165, 1.54) is 0 Å². The number of aliphatic hydroxyl groups excluding tert-OH is 1. The Bertz CT molecular complexity index is 539. The molecule has 1 N–H and O–H groups in total. The summed E-state index contributed by atoms with van der Waals surface area (Å²) in [6, 6.07) is 5.69. The fourth-order valence-corrected chi connectivity index (χ4v) is 2.33. The molecule has 2 aromatic rings. The van der Waals surface area contributed by atoms with Crippen LogP contribution in [-0.4, -0.2) is 26.0 Å². The second kappa shape index (κ2) is 6.17. The molecule has 0 fully saturated rings. The number of aryl methyl sites for hydroxylation is 2. The van der Waals surface area contributed by atoms with Crippen LogP contribution in [0.15, 0.2) is 24.4 Å². The van der Waals surface area contributed by atoms with Crippen LogP contribution in [-0.2, 0) is 19.4 Å². The molecule has 0 aromatic carbocycles. The van der Waals surface area contributed by atoms with Crippen molar-refractivity contribution in [2.24, 2.45) is 0 Å². The minimum Gasteiger partial charge on any atom is -0.392 e. The van der Waals surface area contributed by atoms with Crippen LogP contribution in [0, 0.1) is 6.92 Å². The predicted octanol–water partition coefficient (Wildman–Crippen LogP) is 2.41. The molecule has 1 unspecified atom stereocenters. The minimum atomic E-state index is -0.506. The van der Waals surface area contributed by atoms with E-state index in [-0.39, 0.29) is 0 Å². The first-order valence-electron chi connectivity index (χ1n) is 6.41. The highest BCUT2D eigenvalue weighted by molar-refractivity contribution is 6.31. The van der Waals surface area contributed by atoms with Crippen molar-refractivity contribution in [3.63, 3.8) is 0 Å². The lowest BCUT2D eigenvalue weighted by Gasteiger charge is -2.11. The first-order chi connectivity index (χ1) is 9.11. The molecule has 19 heavy (non-hydrogen) atoms. The van der Waals surface area contributed by atoms with E-state index in [2.05, 4.69) is 10.1 Å². The van der Waals surface area contributed by atoms with E-state index in [4.69, 9.17) is 11.6 Å². The quantitative estimate of drug-likeness (QED) is 0.914. The number of hydrogen-bond donors (Lipinski definition) is 1. The van der Waals surface area contributed by atoms with Gasteiger partial charge in [0.15, 0.2) is 0 Å². The van der Waals surface area contributed by atoms with Crippen LogP contribution in [0.1, 0.15) is 24.0 Å². The molecule has 0 amide bonds.